The number of nitrogens with one attached hydrogen (secondary N) is 1. The monoisotopic (exact) mass is 450 g/mol. The van der Waals surface area contributed by atoms with E-state index >= 15 is 0 Å². The van der Waals surface area contributed by atoms with Crippen molar-refractivity contribution >= 4 is 23.5 Å². The maximum absolute atomic E-state index is 12.7. The first kappa shape index (κ1) is 23.2. The molecule has 1 unspecified atom stereocenters. The van der Waals surface area contributed by atoms with Crippen LogP contribution in [-0.2, 0) is 9.47 Å². The van der Waals surface area contributed by atoms with Crippen molar-refractivity contribution in [3.8, 4) is 11.6 Å². The molecule has 1 aromatic carbocycles. The molecule has 9 nitrogen and oxygen atoms in total. The molecule has 1 N–H and O–H groups in total. The Morgan fingerprint density at radius 2 is 1.94 bits per heavy atom. The average Bonchev–Trinajstić information content (AvgIpc) is 3.24. The number of carbonyl (C=O) groups is 1. The molecule has 2 heterocycles. The van der Waals surface area contributed by atoms with Gasteiger partial charge < -0.3 is 29.2 Å². The number of anilines is 1. The predicted octanol–water partition coefficient (Wildman–Crippen LogP) is 2.38. The second-order valence-corrected chi connectivity index (χ2v) is 8.72. The Bertz CT molecular complexity index is 831. The molecule has 0 aliphatic carbocycles. The maximum atomic E-state index is 12.7. The molecule has 2 aromatic rings. The van der Waals surface area contributed by atoms with Crippen LogP contribution in [0.2, 0.25) is 0 Å². The van der Waals surface area contributed by atoms with Crippen molar-refractivity contribution in [2.45, 2.75) is 32.4 Å². The SMILES string of the molecule is COc1ccc(C(=O)OC(CNC(C)(C)C)COc2nsnc2N2CCOCC2)cc1. The molecule has 1 aliphatic heterocycles. The lowest BCUT2D eigenvalue weighted by Gasteiger charge is -2.27. The van der Waals surface area contributed by atoms with Gasteiger partial charge in [0.2, 0.25) is 5.82 Å². The standard InChI is InChI=1S/C21H30N4O5S/c1-21(2,3)22-13-17(30-20(26)15-5-7-16(27-4)8-6-15)14-29-19-18(23-31-24-19)25-9-11-28-12-10-25/h5-8,17,22H,9-14H2,1-4H3. The van der Waals surface area contributed by atoms with Crippen molar-refractivity contribution in [1.82, 2.24) is 14.1 Å². The van der Waals surface area contributed by atoms with Crippen molar-refractivity contribution in [3.63, 3.8) is 0 Å². The van der Waals surface area contributed by atoms with Gasteiger partial charge in [-0.1, -0.05) is 0 Å². The van der Waals surface area contributed by atoms with Gasteiger partial charge in [0.05, 0.1) is 37.6 Å². The van der Waals surface area contributed by atoms with Gasteiger partial charge >= 0.3 is 5.97 Å². The van der Waals surface area contributed by atoms with Crippen LogP contribution in [0.5, 0.6) is 11.6 Å². The van der Waals surface area contributed by atoms with Crippen LogP contribution in [0.15, 0.2) is 24.3 Å². The zero-order chi connectivity index (χ0) is 22.3. The van der Waals surface area contributed by atoms with E-state index in [4.69, 9.17) is 18.9 Å². The summed E-state index contributed by atoms with van der Waals surface area (Å²) in [6.45, 7) is 9.53. The maximum Gasteiger partial charge on any atom is 0.338 e. The molecule has 1 aromatic heterocycles. The Balaban J connectivity index is 1.64. The molecule has 3 rings (SSSR count). The van der Waals surface area contributed by atoms with Gasteiger partial charge in [-0.25, -0.2) is 4.79 Å². The molecule has 0 spiro atoms. The van der Waals surface area contributed by atoms with Crippen molar-refractivity contribution in [2.75, 3.05) is 51.5 Å². The Kier molecular flexibility index (Phi) is 8.05. The fourth-order valence-corrected chi connectivity index (χ4v) is 3.43. The molecule has 1 fully saturated rings. The quantitative estimate of drug-likeness (QED) is 0.578. The molecule has 170 valence electrons. The van der Waals surface area contributed by atoms with E-state index in [0.717, 1.165) is 24.8 Å². The Morgan fingerprint density at radius 1 is 1.23 bits per heavy atom. The third-order valence-electron chi connectivity index (χ3n) is 4.62. The molecule has 0 saturated carbocycles. The van der Waals surface area contributed by atoms with Crippen molar-refractivity contribution in [1.29, 1.82) is 0 Å². The summed E-state index contributed by atoms with van der Waals surface area (Å²) >= 11 is 1.10. The number of ether oxygens (including phenoxy) is 4. The highest BCUT2D eigenvalue weighted by atomic mass is 32.1. The molecule has 0 radical (unpaired) electrons. The highest BCUT2D eigenvalue weighted by Crippen LogP contribution is 2.26. The molecule has 1 saturated heterocycles. The Hall–Kier alpha value is -2.43. The van der Waals surface area contributed by atoms with Crippen LogP contribution in [-0.4, -0.2) is 72.9 Å². The van der Waals surface area contributed by atoms with Gasteiger partial charge in [-0.15, -0.1) is 4.37 Å². The molecule has 10 heteroatoms. The minimum absolute atomic E-state index is 0.133. The second kappa shape index (κ2) is 10.7. The van der Waals surface area contributed by atoms with Crippen molar-refractivity contribution in [3.05, 3.63) is 29.8 Å². The minimum Gasteiger partial charge on any atom is -0.497 e. The van der Waals surface area contributed by atoms with Crippen LogP contribution < -0.4 is 19.7 Å². The predicted molar refractivity (Wildman–Crippen MR) is 118 cm³/mol. The normalized spacial score (nSPS) is 15.4. The van der Waals surface area contributed by atoms with E-state index in [9.17, 15) is 4.79 Å². The number of benzene rings is 1. The third-order valence-corrected chi connectivity index (χ3v) is 5.12. The first-order valence-electron chi connectivity index (χ1n) is 10.2. The number of morpholine rings is 1. The average molecular weight is 451 g/mol. The third kappa shape index (κ3) is 7.05. The number of carbonyl (C=O) groups excluding carboxylic acids is 1. The van der Waals surface area contributed by atoms with Gasteiger partial charge in [0.25, 0.3) is 5.88 Å². The van der Waals surface area contributed by atoms with Gasteiger partial charge in [-0.05, 0) is 45.0 Å². The summed E-state index contributed by atoms with van der Waals surface area (Å²) in [4.78, 5) is 14.8. The molecule has 0 amide bonds. The topological polar surface area (TPSA) is 95.0 Å². The van der Waals surface area contributed by atoms with E-state index in [0.29, 0.717) is 42.8 Å². The number of methoxy groups -OCH3 is 1. The van der Waals surface area contributed by atoms with Crippen LogP contribution in [0, 0.1) is 0 Å². The van der Waals surface area contributed by atoms with Crippen LogP contribution in [0.3, 0.4) is 0 Å². The zero-order valence-corrected chi connectivity index (χ0v) is 19.2. The number of hydrogen-bond acceptors (Lipinski definition) is 10. The molecule has 1 atom stereocenters. The van der Waals surface area contributed by atoms with Gasteiger partial charge in [-0.2, -0.15) is 4.37 Å². The van der Waals surface area contributed by atoms with E-state index in [1.54, 1.807) is 31.4 Å². The number of hydrogen-bond donors (Lipinski definition) is 1. The summed E-state index contributed by atoms with van der Waals surface area (Å²) in [5.41, 5.74) is 0.317. The van der Waals surface area contributed by atoms with Crippen LogP contribution >= 0.6 is 11.7 Å². The number of esters is 1. The fourth-order valence-electron chi connectivity index (χ4n) is 2.91. The summed E-state index contributed by atoms with van der Waals surface area (Å²) in [7, 11) is 1.58. The van der Waals surface area contributed by atoms with Crippen LogP contribution in [0.25, 0.3) is 0 Å². The van der Waals surface area contributed by atoms with E-state index < -0.39 is 12.1 Å². The number of rotatable bonds is 9. The first-order valence-corrected chi connectivity index (χ1v) is 11.0. The smallest absolute Gasteiger partial charge is 0.338 e. The lowest BCUT2D eigenvalue weighted by Crippen LogP contribution is -2.44. The van der Waals surface area contributed by atoms with E-state index in [1.807, 2.05) is 0 Å². The Labute approximate surface area is 187 Å². The van der Waals surface area contributed by atoms with Crippen LogP contribution in [0.1, 0.15) is 31.1 Å². The summed E-state index contributed by atoms with van der Waals surface area (Å²) in [5, 5.41) is 3.37. The van der Waals surface area contributed by atoms with Gasteiger partial charge in [0.15, 0.2) is 0 Å². The summed E-state index contributed by atoms with van der Waals surface area (Å²) in [6.07, 6.45) is -0.506. The molecule has 1 aliphatic rings. The van der Waals surface area contributed by atoms with Crippen molar-refractivity contribution < 1.29 is 23.7 Å². The van der Waals surface area contributed by atoms with E-state index in [2.05, 4.69) is 39.7 Å². The second-order valence-electron chi connectivity index (χ2n) is 8.19. The van der Waals surface area contributed by atoms with Gasteiger partial charge in [-0.3, -0.25) is 0 Å². The lowest BCUT2D eigenvalue weighted by atomic mass is 10.1. The van der Waals surface area contributed by atoms with Crippen LogP contribution in [0.4, 0.5) is 5.82 Å². The highest BCUT2D eigenvalue weighted by molar-refractivity contribution is 6.99. The largest absolute Gasteiger partial charge is 0.497 e. The highest BCUT2D eigenvalue weighted by Gasteiger charge is 2.24. The van der Waals surface area contributed by atoms with Crippen molar-refractivity contribution in [2.24, 2.45) is 0 Å². The zero-order valence-electron chi connectivity index (χ0n) is 18.4. The minimum atomic E-state index is -0.506. The molecule has 0 bridgehead atoms. The number of nitrogens with zero attached hydrogens (tertiary/aromatic N) is 3. The number of aromatic nitrogens is 2. The summed E-state index contributed by atoms with van der Waals surface area (Å²) < 4.78 is 30.9. The Morgan fingerprint density at radius 3 is 2.58 bits per heavy atom. The van der Waals surface area contributed by atoms with Gasteiger partial charge in [0.1, 0.15) is 18.5 Å². The van der Waals surface area contributed by atoms with E-state index in [-0.39, 0.29) is 12.1 Å². The first-order chi connectivity index (χ1) is 14.9. The summed E-state index contributed by atoms with van der Waals surface area (Å²) in [5.74, 6) is 1.42. The fraction of sp³-hybridized carbons (Fsp3) is 0.571. The molecule has 31 heavy (non-hydrogen) atoms. The lowest BCUT2D eigenvalue weighted by molar-refractivity contribution is 0.0157. The van der Waals surface area contributed by atoms with Gasteiger partial charge in [0, 0.05) is 25.2 Å². The van der Waals surface area contributed by atoms with E-state index in [1.165, 1.54) is 0 Å². The molecular weight excluding hydrogens is 420 g/mol. The summed E-state index contributed by atoms with van der Waals surface area (Å²) in [6, 6.07) is 6.81. The molecular formula is C21H30N4O5S.